The maximum atomic E-state index is 5.03. The molecule has 0 amide bonds. The number of rotatable bonds is 2. The molecule has 0 radical (unpaired) electrons. The SMILES string of the molecule is c1ccc(-c2cc3c(c(-c4ccccc4)n2)CCCC3)cc1. The molecule has 0 atom stereocenters. The zero-order valence-corrected chi connectivity index (χ0v) is 12.6. The molecule has 3 aromatic rings. The quantitative estimate of drug-likeness (QED) is 0.623. The second kappa shape index (κ2) is 5.76. The fourth-order valence-electron chi connectivity index (χ4n) is 3.34. The molecule has 1 aliphatic carbocycles. The van der Waals surface area contributed by atoms with Crippen molar-refractivity contribution in [3.05, 3.63) is 77.9 Å². The van der Waals surface area contributed by atoms with E-state index in [1.807, 2.05) is 0 Å². The van der Waals surface area contributed by atoms with E-state index in [1.165, 1.54) is 47.2 Å². The predicted octanol–water partition coefficient (Wildman–Crippen LogP) is 5.29. The smallest absolute Gasteiger partial charge is 0.0744 e. The molecule has 108 valence electrons. The fourth-order valence-corrected chi connectivity index (χ4v) is 3.34. The molecule has 0 saturated heterocycles. The molecule has 1 aromatic heterocycles. The van der Waals surface area contributed by atoms with E-state index in [4.69, 9.17) is 4.98 Å². The van der Waals surface area contributed by atoms with Crippen LogP contribution in [-0.2, 0) is 12.8 Å². The summed E-state index contributed by atoms with van der Waals surface area (Å²) in [6, 6.07) is 23.4. The van der Waals surface area contributed by atoms with Gasteiger partial charge in [-0.25, -0.2) is 4.98 Å². The van der Waals surface area contributed by atoms with Crippen molar-refractivity contribution < 1.29 is 0 Å². The van der Waals surface area contributed by atoms with E-state index in [-0.39, 0.29) is 0 Å². The van der Waals surface area contributed by atoms with Crippen LogP contribution in [0.5, 0.6) is 0 Å². The van der Waals surface area contributed by atoms with E-state index in [0.29, 0.717) is 0 Å². The Morgan fingerprint density at radius 1 is 0.682 bits per heavy atom. The lowest BCUT2D eigenvalue weighted by molar-refractivity contribution is 0.684. The van der Waals surface area contributed by atoms with E-state index >= 15 is 0 Å². The van der Waals surface area contributed by atoms with Crippen molar-refractivity contribution in [2.24, 2.45) is 0 Å². The summed E-state index contributed by atoms with van der Waals surface area (Å²) < 4.78 is 0. The van der Waals surface area contributed by atoms with Crippen LogP contribution in [0.3, 0.4) is 0 Å². The predicted molar refractivity (Wildman–Crippen MR) is 91.8 cm³/mol. The Hall–Kier alpha value is -2.41. The molecule has 1 nitrogen and oxygen atoms in total. The van der Waals surface area contributed by atoms with Crippen molar-refractivity contribution in [3.63, 3.8) is 0 Å². The monoisotopic (exact) mass is 285 g/mol. The number of hydrogen-bond acceptors (Lipinski definition) is 1. The van der Waals surface area contributed by atoms with Gasteiger partial charge in [-0.1, -0.05) is 60.7 Å². The highest BCUT2D eigenvalue weighted by Crippen LogP contribution is 2.33. The molecule has 0 spiro atoms. The molecule has 0 N–H and O–H groups in total. The van der Waals surface area contributed by atoms with Crippen LogP contribution in [0.25, 0.3) is 22.5 Å². The number of aromatic nitrogens is 1. The molecule has 1 heterocycles. The van der Waals surface area contributed by atoms with Crippen molar-refractivity contribution in [2.45, 2.75) is 25.7 Å². The van der Waals surface area contributed by atoms with Gasteiger partial charge in [0.15, 0.2) is 0 Å². The van der Waals surface area contributed by atoms with Crippen molar-refractivity contribution >= 4 is 0 Å². The molecule has 2 aromatic carbocycles. The van der Waals surface area contributed by atoms with Gasteiger partial charge in [-0.3, -0.25) is 0 Å². The summed E-state index contributed by atoms with van der Waals surface area (Å²) in [5.41, 5.74) is 7.65. The molecule has 0 bridgehead atoms. The van der Waals surface area contributed by atoms with Crippen molar-refractivity contribution in [1.82, 2.24) is 4.98 Å². The average Bonchev–Trinajstić information content (AvgIpc) is 2.62. The number of nitrogens with zero attached hydrogens (tertiary/aromatic N) is 1. The minimum atomic E-state index is 1.10. The van der Waals surface area contributed by atoms with Gasteiger partial charge in [0.05, 0.1) is 11.4 Å². The van der Waals surface area contributed by atoms with Crippen LogP contribution >= 0.6 is 0 Å². The molecular formula is C21H19N. The summed E-state index contributed by atoms with van der Waals surface area (Å²) in [6.07, 6.45) is 4.90. The van der Waals surface area contributed by atoms with E-state index in [9.17, 15) is 0 Å². The Labute approximate surface area is 131 Å². The Balaban J connectivity index is 1.92. The minimum absolute atomic E-state index is 1.10. The summed E-state index contributed by atoms with van der Waals surface area (Å²) in [6.45, 7) is 0. The summed E-state index contributed by atoms with van der Waals surface area (Å²) in [4.78, 5) is 5.03. The first-order valence-corrected chi connectivity index (χ1v) is 8.05. The number of pyridine rings is 1. The van der Waals surface area contributed by atoms with E-state index in [2.05, 4.69) is 66.7 Å². The van der Waals surface area contributed by atoms with Gasteiger partial charge >= 0.3 is 0 Å². The number of fused-ring (bicyclic) bond motifs is 1. The topological polar surface area (TPSA) is 12.9 Å². The zero-order chi connectivity index (χ0) is 14.8. The first kappa shape index (κ1) is 13.3. The van der Waals surface area contributed by atoms with E-state index < -0.39 is 0 Å². The second-order valence-electron chi connectivity index (χ2n) is 5.93. The first-order valence-electron chi connectivity index (χ1n) is 8.05. The van der Waals surface area contributed by atoms with Crippen LogP contribution < -0.4 is 0 Å². The molecular weight excluding hydrogens is 266 g/mol. The van der Waals surface area contributed by atoms with Crippen molar-refractivity contribution in [2.75, 3.05) is 0 Å². The van der Waals surface area contributed by atoms with Gasteiger partial charge in [-0.05, 0) is 42.9 Å². The summed E-state index contributed by atoms with van der Waals surface area (Å²) >= 11 is 0. The van der Waals surface area contributed by atoms with Crippen LogP contribution in [0.15, 0.2) is 66.7 Å². The number of benzene rings is 2. The Bertz CT molecular complexity index is 776. The maximum Gasteiger partial charge on any atom is 0.0744 e. The first-order chi connectivity index (χ1) is 10.9. The van der Waals surface area contributed by atoms with Gasteiger partial charge in [0.2, 0.25) is 0 Å². The van der Waals surface area contributed by atoms with E-state index in [1.54, 1.807) is 0 Å². The largest absolute Gasteiger partial charge is 0.247 e. The van der Waals surface area contributed by atoms with Gasteiger partial charge in [-0.15, -0.1) is 0 Å². The lowest BCUT2D eigenvalue weighted by Crippen LogP contribution is -2.07. The average molecular weight is 285 g/mol. The highest BCUT2D eigenvalue weighted by molar-refractivity contribution is 5.71. The molecule has 1 aliphatic rings. The molecule has 0 aliphatic heterocycles. The normalized spacial score (nSPS) is 13.6. The summed E-state index contributed by atoms with van der Waals surface area (Å²) in [5.74, 6) is 0. The highest BCUT2D eigenvalue weighted by atomic mass is 14.7. The minimum Gasteiger partial charge on any atom is -0.247 e. The highest BCUT2D eigenvalue weighted by Gasteiger charge is 2.17. The molecule has 0 saturated carbocycles. The Morgan fingerprint density at radius 2 is 1.32 bits per heavy atom. The fraction of sp³-hybridized carbons (Fsp3) is 0.190. The van der Waals surface area contributed by atoms with Crippen LogP contribution in [0.2, 0.25) is 0 Å². The van der Waals surface area contributed by atoms with Crippen LogP contribution in [0.1, 0.15) is 24.0 Å². The molecule has 22 heavy (non-hydrogen) atoms. The van der Waals surface area contributed by atoms with Crippen LogP contribution in [0, 0.1) is 0 Å². The standard InChI is InChI=1S/C21H19N/c1-3-9-16(10-4-1)20-15-18-13-7-8-14-19(18)21(22-20)17-11-5-2-6-12-17/h1-6,9-12,15H,7-8,13-14H2. The summed E-state index contributed by atoms with van der Waals surface area (Å²) in [7, 11) is 0. The Morgan fingerprint density at radius 3 is 2.05 bits per heavy atom. The lowest BCUT2D eigenvalue weighted by atomic mass is 9.88. The van der Waals surface area contributed by atoms with Crippen molar-refractivity contribution in [1.29, 1.82) is 0 Å². The van der Waals surface area contributed by atoms with Gasteiger partial charge < -0.3 is 0 Å². The van der Waals surface area contributed by atoms with Crippen molar-refractivity contribution in [3.8, 4) is 22.5 Å². The lowest BCUT2D eigenvalue weighted by Gasteiger charge is -2.20. The van der Waals surface area contributed by atoms with Crippen LogP contribution in [-0.4, -0.2) is 4.98 Å². The zero-order valence-electron chi connectivity index (χ0n) is 12.6. The second-order valence-corrected chi connectivity index (χ2v) is 5.93. The van der Waals surface area contributed by atoms with Gasteiger partial charge in [0.1, 0.15) is 0 Å². The van der Waals surface area contributed by atoms with Crippen LogP contribution in [0.4, 0.5) is 0 Å². The third kappa shape index (κ3) is 2.43. The third-order valence-electron chi connectivity index (χ3n) is 4.46. The number of hydrogen-bond donors (Lipinski definition) is 0. The van der Waals surface area contributed by atoms with Gasteiger partial charge in [-0.2, -0.15) is 0 Å². The Kier molecular flexibility index (Phi) is 3.48. The molecule has 4 rings (SSSR count). The number of aryl methyl sites for hydroxylation is 1. The van der Waals surface area contributed by atoms with Gasteiger partial charge in [0.25, 0.3) is 0 Å². The molecule has 1 heteroatoms. The maximum absolute atomic E-state index is 5.03. The summed E-state index contributed by atoms with van der Waals surface area (Å²) in [5, 5.41) is 0. The van der Waals surface area contributed by atoms with E-state index in [0.717, 1.165) is 12.1 Å². The molecule has 0 fully saturated rings. The third-order valence-corrected chi connectivity index (χ3v) is 4.46. The molecule has 0 unspecified atom stereocenters. The van der Waals surface area contributed by atoms with Gasteiger partial charge in [0, 0.05) is 11.1 Å².